The SMILES string of the molecule is COC(=O)c1c(N)c(C#N)cn1-c1cc(NC(=O)OC(C)(C)C)ccc1Cl. The van der Waals surface area contributed by atoms with Crippen molar-refractivity contribution in [2.24, 2.45) is 0 Å². The van der Waals surface area contributed by atoms with Crippen LogP contribution in [0.3, 0.4) is 0 Å². The van der Waals surface area contributed by atoms with Crippen LogP contribution in [0.15, 0.2) is 24.4 Å². The molecule has 9 heteroatoms. The third-order valence-electron chi connectivity index (χ3n) is 3.39. The standard InChI is InChI=1S/C18H19ClN4O4/c1-18(2,3)27-17(25)22-11-5-6-12(19)13(7-11)23-9-10(8-20)14(21)15(23)16(24)26-4/h5-7,9H,21H2,1-4H3,(H,22,25). The summed E-state index contributed by atoms with van der Waals surface area (Å²) in [5.41, 5.74) is 5.98. The van der Waals surface area contributed by atoms with Crippen LogP contribution in [0, 0.1) is 11.3 Å². The van der Waals surface area contributed by atoms with E-state index < -0.39 is 17.7 Å². The van der Waals surface area contributed by atoms with Gasteiger partial charge in [-0.25, -0.2) is 9.59 Å². The Balaban J connectivity index is 2.50. The molecule has 0 aliphatic rings. The minimum Gasteiger partial charge on any atom is -0.464 e. The van der Waals surface area contributed by atoms with Gasteiger partial charge in [0, 0.05) is 11.9 Å². The van der Waals surface area contributed by atoms with Crippen LogP contribution in [0.2, 0.25) is 5.02 Å². The number of aromatic nitrogens is 1. The first kappa shape index (κ1) is 20.1. The number of methoxy groups -OCH3 is 1. The molecule has 0 saturated heterocycles. The number of nitrogen functional groups attached to an aromatic ring is 1. The van der Waals surface area contributed by atoms with Crippen molar-refractivity contribution in [3.63, 3.8) is 0 Å². The van der Waals surface area contributed by atoms with E-state index in [4.69, 9.17) is 26.8 Å². The molecule has 1 aromatic carbocycles. The number of ether oxygens (including phenoxy) is 2. The lowest BCUT2D eigenvalue weighted by Crippen LogP contribution is -2.27. The van der Waals surface area contributed by atoms with Gasteiger partial charge in [0.2, 0.25) is 0 Å². The van der Waals surface area contributed by atoms with Gasteiger partial charge in [-0.1, -0.05) is 11.6 Å². The Morgan fingerprint density at radius 2 is 2.00 bits per heavy atom. The lowest BCUT2D eigenvalue weighted by molar-refractivity contribution is 0.0590. The summed E-state index contributed by atoms with van der Waals surface area (Å²) in [4.78, 5) is 24.1. The van der Waals surface area contributed by atoms with Gasteiger partial charge in [-0.15, -0.1) is 0 Å². The number of rotatable bonds is 3. The summed E-state index contributed by atoms with van der Waals surface area (Å²) in [6.07, 6.45) is 0.730. The molecule has 0 bridgehead atoms. The van der Waals surface area contributed by atoms with E-state index in [0.29, 0.717) is 11.4 Å². The molecule has 8 nitrogen and oxygen atoms in total. The zero-order chi connectivity index (χ0) is 20.4. The summed E-state index contributed by atoms with van der Waals surface area (Å²) in [7, 11) is 1.20. The van der Waals surface area contributed by atoms with Gasteiger partial charge in [0.25, 0.3) is 0 Å². The molecule has 27 heavy (non-hydrogen) atoms. The minimum absolute atomic E-state index is 0.0223. The molecule has 2 aromatic rings. The number of carbonyl (C=O) groups is 2. The van der Waals surface area contributed by atoms with Crippen molar-refractivity contribution in [1.82, 2.24) is 4.57 Å². The van der Waals surface area contributed by atoms with E-state index in [1.165, 1.54) is 30.0 Å². The molecule has 1 amide bonds. The molecular formula is C18H19ClN4O4. The number of nitrogens with two attached hydrogens (primary N) is 1. The van der Waals surface area contributed by atoms with Crippen LogP contribution >= 0.6 is 11.6 Å². The van der Waals surface area contributed by atoms with Crippen LogP contribution in [-0.4, -0.2) is 29.3 Å². The van der Waals surface area contributed by atoms with Crippen molar-refractivity contribution < 1.29 is 19.1 Å². The number of halogens is 1. The second kappa shape index (κ2) is 7.60. The monoisotopic (exact) mass is 390 g/mol. The normalized spacial score (nSPS) is 10.8. The molecule has 3 N–H and O–H groups in total. The van der Waals surface area contributed by atoms with E-state index in [0.717, 1.165) is 0 Å². The number of benzene rings is 1. The Morgan fingerprint density at radius 3 is 2.56 bits per heavy atom. The fourth-order valence-electron chi connectivity index (χ4n) is 2.30. The van der Waals surface area contributed by atoms with Gasteiger partial charge in [0.15, 0.2) is 5.69 Å². The number of anilines is 2. The average Bonchev–Trinajstić information content (AvgIpc) is 2.90. The van der Waals surface area contributed by atoms with Crippen molar-refractivity contribution in [2.75, 3.05) is 18.2 Å². The highest BCUT2D eigenvalue weighted by Crippen LogP contribution is 2.30. The highest BCUT2D eigenvalue weighted by molar-refractivity contribution is 6.32. The van der Waals surface area contributed by atoms with Gasteiger partial charge in [-0.3, -0.25) is 5.32 Å². The van der Waals surface area contributed by atoms with Gasteiger partial charge >= 0.3 is 12.1 Å². The molecule has 1 heterocycles. The molecule has 0 spiro atoms. The third-order valence-corrected chi connectivity index (χ3v) is 3.71. The van der Waals surface area contributed by atoms with Crippen molar-refractivity contribution in [3.8, 4) is 11.8 Å². The Bertz CT molecular complexity index is 938. The Labute approximate surface area is 161 Å². The number of nitrogens with one attached hydrogen (secondary N) is 1. The number of hydrogen-bond acceptors (Lipinski definition) is 6. The number of nitriles is 1. The molecule has 0 saturated carbocycles. The van der Waals surface area contributed by atoms with Crippen LogP contribution in [-0.2, 0) is 9.47 Å². The summed E-state index contributed by atoms with van der Waals surface area (Å²) >= 11 is 6.26. The highest BCUT2D eigenvalue weighted by atomic mass is 35.5. The average molecular weight is 391 g/mol. The summed E-state index contributed by atoms with van der Waals surface area (Å²) in [5.74, 6) is -0.726. The van der Waals surface area contributed by atoms with Gasteiger partial charge in [0.1, 0.15) is 11.7 Å². The molecule has 1 aromatic heterocycles. The molecule has 142 valence electrons. The molecule has 0 radical (unpaired) electrons. The van der Waals surface area contributed by atoms with Crippen molar-refractivity contribution in [1.29, 1.82) is 5.26 Å². The second-order valence-corrected chi connectivity index (χ2v) is 6.98. The maximum Gasteiger partial charge on any atom is 0.412 e. The van der Waals surface area contributed by atoms with Crippen molar-refractivity contribution in [3.05, 3.63) is 40.7 Å². The van der Waals surface area contributed by atoms with Crippen LogP contribution in [0.4, 0.5) is 16.2 Å². The van der Waals surface area contributed by atoms with Gasteiger partial charge in [-0.05, 0) is 39.0 Å². The van der Waals surface area contributed by atoms with Gasteiger partial charge < -0.3 is 19.8 Å². The predicted octanol–water partition coefficient (Wildman–Crippen LogP) is 3.72. The van der Waals surface area contributed by atoms with E-state index in [-0.39, 0.29) is 22.0 Å². The molecule has 0 fully saturated rings. The zero-order valence-corrected chi connectivity index (χ0v) is 16.0. The summed E-state index contributed by atoms with van der Waals surface area (Å²) in [6, 6.07) is 6.55. The number of amides is 1. The van der Waals surface area contributed by atoms with Crippen LogP contribution < -0.4 is 11.1 Å². The molecule has 2 rings (SSSR count). The fourth-order valence-corrected chi connectivity index (χ4v) is 2.51. The summed E-state index contributed by atoms with van der Waals surface area (Å²) < 4.78 is 11.3. The molecular weight excluding hydrogens is 372 g/mol. The van der Waals surface area contributed by atoms with Crippen LogP contribution in [0.1, 0.15) is 36.8 Å². The molecule has 0 aliphatic carbocycles. The Kier molecular flexibility index (Phi) is 5.66. The van der Waals surface area contributed by atoms with E-state index in [1.807, 2.05) is 6.07 Å². The van der Waals surface area contributed by atoms with Gasteiger partial charge in [0.05, 0.1) is 29.1 Å². The van der Waals surface area contributed by atoms with Crippen LogP contribution in [0.5, 0.6) is 0 Å². The quantitative estimate of drug-likeness (QED) is 0.770. The van der Waals surface area contributed by atoms with Crippen molar-refractivity contribution in [2.45, 2.75) is 26.4 Å². The van der Waals surface area contributed by atoms with Gasteiger partial charge in [-0.2, -0.15) is 5.26 Å². The Morgan fingerprint density at radius 1 is 1.33 bits per heavy atom. The maximum atomic E-state index is 12.1. The second-order valence-electron chi connectivity index (χ2n) is 6.57. The number of carbonyl (C=O) groups excluding carboxylic acids is 2. The summed E-state index contributed by atoms with van der Waals surface area (Å²) in [6.45, 7) is 5.23. The van der Waals surface area contributed by atoms with E-state index in [9.17, 15) is 14.9 Å². The number of hydrogen-bond donors (Lipinski definition) is 2. The number of esters is 1. The lowest BCUT2D eigenvalue weighted by Gasteiger charge is -2.20. The first-order valence-corrected chi connectivity index (χ1v) is 8.24. The lowest BCUT2D eigenvalue weighted by atomic mass is 10.2. The smallest absolute Gasteiger partial charge is 0.412 e. The maximum absolute atomic E-state index is 12.1. The van der Waals surface area contributed by atoms with Crippen molar-refractivity contribution >= 4 is 35.0 Å². The molecule has 0 unspecified atom stereocenters. The van der Waals surface area contributed by atoms with Crippen LogP contribution in [0.25, 0.3) is 5.69 Å². The molecule has 0 aliphatic heterocycles. The van der Waals surface area contributed by atoms with E-state index in [1.54, 1.807) is 26.8 Å². The predicted molar refractivity (Wildman–Crippen MR) is 101 cm³/mol. The fraction of sp³-hybridized carbons (Fsp3) is 0.278. The molecule has 0 atom stereocenters. The first-order valence-electron chi connectivity index (χ1n) is 7.86. The minimum atomic E-state index is -0.726. The topological polar surface area (TPSA) is 119 Å². The number of nitrogens with zero attached hydrogens (tertiary/aromatic N) is 2. The zero-order valence-electron chi connectivity index (χ0n) is 15.3. The first-order chi connectivity index (χ1) is 12.6. The summed E-state index contributed by atoms with van der Waals surface area (Å²) in [5, 5.41) is 12.1. The Hall–Kier alpha value is -3.18. The van der Waals surface area contributed by atoms with E-state index >= 15 is 0 Å². The highest BCUT2D eigenvalue weighted by Gasteiger charge is 2.23. The largest absolute Gasteiger partial charge is 0.464 e. The third kappa shape index (κ3) is 4.51. The van der Waals surface area contributed by atoms with E-state index in [2.05, 4.69) is 5.32 Å².